The van der Waals surface area contributed by atoms with Gasteiger partial charge < -0.3 is 10.1 Å². The molecule has 1 aromatic rings. The molecule has 0 bridgehead atoms. The van der Waals surface area contributed by atoms with E-state index in [1.54, 1.807) is 0 Å². The van der Waals surface area contributed by atoms with E-state index in [1.807, 2.05) is 13.8 Å². The Kier molecular flexibility index (Phi) is 5.85. The number of hydrogen-bond donors (Lipinski definition) is 1. The van der Waals surface area contributed by atoms with E-state index in [-0.39, 0.29) is 24.3 Å². The van der Waals surface area contributed by atoms with Crippen LogP contribution in [-0.2, 0) is 11.0 Å². The Morgan fingerprint density at radius 1 is 1.20 bits per heavy atom. The number of rotatable bonds is 6. The number of carbonyl (C=O) groups is 1. The van der Waals surface area contributed by atoms with Crippen LogP contribution in [0.1, 0.15) is 32.3 Å². The van der Waals surface area contributed by atoms with Gasteiger partial charge in [-0.05, 0) is 37.1 Å². The van der Waals surface area contributed by atoms with E-state index in [0.717, 1.165) is 25.0 Å². The van der Waals surface area contributed by atoms with E-state index in [2.05, 4.69) is 5.32 Å². The first-order valence-corrected chi connectivity index (χ1v) is 6.46. The van der Waals surface area contributed by atoms with Gasteiger partial charge in [-0.25, -0.2) is 0 Å². The van der Waals surface area contributed by atoms with Gasteiger partial charge in [0, 0.05) is 6.04 Å². The molecule has 20 heavy (non-hydrogen) atoms. The summed E-state index contributed by atoms with van der Waals surface area (Å²) in [6, 6.07) is 4.35. The number of alkyl halides is 3. The zero-order valence-electron chi connectivity index (χ0n) is 11.5. The first kappa shape index (κ1) is 16.3. The second kappa shape index (κ2) is 7.17. The standard InChI is InChI=1S/C14H18F3NO2/c1-3-11(4-2)18-13(19)9-20-12-7-5-10(6-8-12)14(15,16)17/h5-8,11H,3-4,9H2,1-2H3,(H,18,19). The fraction of sp³-hybridized carbons (Fsp3) is 0.500. The predicted molar refractivity (Wildman–Crippen MR) is 69.5 cm³/mol. The van der Waals surface area contributed by atoms with E-state index >= 15 is 0 Å². The molecular weight excluding hydrogens is 271 g/mol. The SMILES string of the molecule is CCC(CC)NC(=O)COc1ccc(C(F)(F)F)cc1. The van der Waals surface area contributed by atoms with Gasteiger partial charge in [0.1, 0.15) is 5.75 Å². The molecule has 0 aromatic heterocycles. The minimum absolute atomic E-state index is 0.0960. The van der Waals surface area contributed by atoms with Crippen molar-refractivity contribution in [2.45, 2.75) is 38.9 Å². The largest absolute Gasteiger partial charge is 0.484 e. The zero-order valence-corrected chi connectivity index (χ0v) is 11.5. The summed E-state index contributed by atoms with van der Waals surface area (Å²) < 4.78 is 42.2. The monoisotopic (exact) mass is 289 g/mol. The minimum Gasteiger partial charge on any atom is -0.484 e. The molecule has 0 atom stereocenters. The molecule has 0 fully saturated rings. The molecule has 0 saturated heterocycles. The average molecular weight is 289 g/mol. The van der Waals surface area contributed by atoms with Gasteiger partial charge in [-0.3, -0.25) is 4.79 Å². The lowest BCUT2D eigenvalue weighted by Gasteiger charge is -2.15. The number of hydrogen-bond acceptors (Lipinski definition) is 2. The van der Waals surface area contributed by atoms with Crippen LogP contribution in [0.4, 0.5) is 13.2 Å². The predicted octanol–water partition coefficient (Wildman–Crippen LogP) is 3.39. The average Bonchev–Trinajstić information content (AvgIpc) is 2.42. The number of halogens is 3. The van der Waals surface area contributed by atoms with Crippen LogP contribution >= 0.6 is 0 Å². The van der Waals surface area contributed by atoms with Crippen LogP contribution in [0, 0.1) is 0 Å². The van der Waals surface area contributed by atoms with Crippen LogP contribution in [0.3, 0.4) is 0 Å². The quantitative estimate of drug-likeness (QED) is 0.871. The Hall–Kier alpha value is -1.72. The first-order chi connectivity index (χ1) is 9.36. The summed E-state index contributed by atoms with van der Waals surface area (Å²) in [6.45, 7) is 3.72. The van der Waals surface area contributed by atoms with E-state index in [0.29, 0.717) is 0 Å². The minimum atomic E-state index is -4.37. The van der Waals surface area contributed by atoms with Crippen LogP contribution in [0.5, 0.6) is 5.75 Å². The molecule has 0 aliphatic carbocycles. The number of benzene rings is 1. The summed E-state index contributed by atoms with van der Waals surface area (Å²) in [7, 11) is 0. The van der Waals surface area contributed by atoms with Gasteiger partial charge in [-0.1, -0.05) is 13.8 Å². The summed E-state index contributed by atoms with van der Waals surface area (Å²) >= 11 is 0. The van der Waals surface area contributed by atoms with Crippen molar-refractivity contribution in [2.75, 3.05) is 6.61 Å². The van der Waals surface area contributed by atoms with E-state index < -0.39 is 11.7 Å². The second-order valence-corrected chi connectivity index (χ2v) is 4.39. The molecule has 0 saturated carbocycles. The molecule has 3 nitrogen and oxygen atoms in total. The Bertz CT molecular complexity index is 425. The molecule has 1 amide bonds. The highest BCUT2D eigenvalue weighted by molar-refractivity contribution is 5.77. The van der Waals surface area contributed by atoms with Crippen molar-refractivity contribution in [3.63, 3.8) is 0 Å². The van der Waals surface area contributed by atoms with Gasteiger partial charge in [-0.2, -0.15) is 13.2 Å². The van der Waals surface area contributed by atoms with Crippen LogP contribution in [0.2, 0.25) is 0 Å². The van der Waals surface area contributed by atoms with Gasteiger partial charge in [0.15, 0.2) is 6.61 Å². The van der Waals surface area contributed by atoms with Gasteiger partial charge >= 0.3 is 6.18 Å². The first-order valence-electron chi connectivity index (χ1n) is 6.46. The molecule has 0 radical (unpaired) electrons. The summed E-state index contributed by atoms with van der Waals surface area (Å²) in [5.74, 6) is -0.0451. The number of carbonyl (C=O) groups excluding carboxylic acids is 1. The normalized spacial score (nSPS) is 11.5. The lowest BCUT2D eigenvalue weighted by atomic mass is 10.2. The Morgan fingerprint density at radius 3 is 2.20 bits per heavy atom. The maximum absolute atomic E-state index is 12.4. The molecule has 1 rings (SSSR count). The molecule has 1 aromatic carbocycles. The lowest BCUT2D eigenvalue weighted by Crippen LogP contribution is -2.37. The van der Waals surface area contributed by atoms with Crippen molar-refractivity contribution in [2.24, 2.45) is 0 Å². The molecule has 1 N–H and O–H groups in total. The Morgan fingerprint density at radius 2 is 1.75 bits per heavy atom. The molecule has 0 unspecified atom stereocenters. The molecular formula is C14H18F3NO2. The maximum atomic E-state index is 12.4. The third-order valence-corrected chi connectivity index (χ3v) is 2.90. The van der Waals surface area contributed by atoms with Gasteiger partial charge in [0.25, 0.3) is 5.91 Å². The molecule has 0 aliphatic heterocycles. The Labute approximate surface area is 116 Å². The molecule has 6 heteroatoms. The van der Waals surface area contributed by atoms with Crippen LogP contribution in [0.15, 0.2) is 24.3 Å². The fourth-order valence-corrected chi connectivity index (χ4v) is 1.65. The van der Waals surface area contributed by atoms with Crippen LogP contribution < -0.4 is 10.1 Å². The highest BCUT2D eigenvalue weighted by atomic mass is 19.4. The Balaban J connectivity index is 2.48. The van der Waals surface area contributed by atoms with Crippen LogP contribution in [-0.4, -0.2) is 18.6 Å². The highest BCUT2D eigenvalue weighted by Gasteiger charge is 2.30. The van der Waals surface area contributed by atoms with E-state index in [1.165, 1.54) is 12.1 Å². The van der Waals surface area contributed by atoms with Crippen molar-refractivity contribution in [3.8, 4) is 5.75 Å². The lowest BCUT2D eigenvalue weighted by molar-refractivity contribution is -0.137. The molecule has 0 aliphatic rings. The van der Waals surface area contributed by atoms with Crippen molar-refractivity contribution >= 4 is 5.91 Å². The number of amides is 1. The van der Waals surface area contributed by atoms with E-state index in [9.17, 15) is 18.0 Å². The van der Waals surface area contributed by atoms with E-state index in [4.69, 9.17) is 4.74 Å². The number of nitrogens with one attached hydrogen (secondary N) is 1. The topological polar surface area (TPSA) is 38.3 Å². The third kappa shape index (κ3) is 5.11. The number of ether oxygens (including phenoxy) is 1. The van der Waals surface area contributed by atoms with Gasteiger partial charge in [0.05, 0.1) is 5.56 Å². The fourth-order valence-electron chi connectivity index (χ4n) is 1.65. The van der Waals surface area contributed by atoms with Crippen molar-refractivity contribution in [1.82, 2.24) is 5.32 Å². The van der Waals surface area contributed by atoms with Crippen molar-refractivity contribution < 1.29 is 22.7 Å². The zero-order chi connectivity index (χ0) is 15.2. The summed E-state index contributed by atoms with van der Waals surface area (Å²) in [6.07, 6.45) is -2.73. The molecule has 112 valence electrons. The second-order valence-electron chi connectivity index (χ2n) is 4.39. The summed E-state index contributed by atoms with van der Waals surface area (Å²) in [5, 5.41) is 2.78. The van der Waals surface area contributed by atoms with Crippen molar-refractivity contribution in [3.05, 3.63) is 29.8 Å². The third-order valence-electron chi connectivity index (χ3n) is 2.90. The molecule has 0 spiro atoms. The van der Waals surface area contributed by atoms with Crippen molar-refractivity contribution in [1.29, 1.82) is 0 Å². The summed E-state index contributed by atoms with van der Waals surface area (Å²) in [4.78, 5) is 11.6. The van der Waals surface area contributed by atoms with Gasteiger partial charge in [0.2, 0.25) is 0 Å². The summed E-state index contributed by atoms with van der Waals surface area (Å²) in [5.41, 5.74) is -0.744. The molecule has 0 heterocycles. The maximum Gasteiger partial charge on any atom is 0.416 e. The van der Waals surface area contributed by atoms with Crippen LogP contribution in [0.25, 0.3) is 0 Å². The highest BCUT2D eigenvalue weighted by Crippen LogP contribution is 2.30. The van der Waals surface area contributed by atoms with Gasteiger partial charge in [-0.15, -0.1) is 0 Å². The smallest absolute Gasteiger partial charge is 0.416 e.